The van der Waals surface area contributed by atoms with Crippen LogP contribution >= 0.6 is 0 Å². The number of likely N-dealkylation sites (tertiary alicyclic amines) is 1. The van der Waals surface area contributed by atoms with E-state index in [0.29, 0.717) is 12.3 Å². The SMILES string of the molecule is COc1c(C)cccc1CN1CCC[C@@H]([C@@H](NC(=O)Cc2ccccc2)c2ccccn2)C1. The van der Waals surface area contributed by atoms with E-state index >= 15 is 0 Å². The minimum absolute atomic E-state index is 0.0364. The summed E-state index contributed by atoms with van der Waals surface area (Å²) < 4.78 is 5.68. The molecule has 1 amide bonds. The Labute approximate surface area is 196 Å². The number of carbonyl (C=O) groups is 1. The van der Waals surface area contributed by atoms with E-state index in [0.717, 1.165) is 55.0 Å². The van der Waals surface area contributed by atoms with Crippen molar-refractivity contribution in [3.63, 3.8) is 0 Å². The number of para-hydroxylation sites is 1. The van der Waals surface area contributed by atoms with Gasteiger partial charge in [-0.15, -0.1) is 0 Å². The van der Waals surface area contributed by atoms with Crippen LogP contribution in [-0.2, 0) is 17.8 Å². The number of piperidine rings is 1. The Morgan fingerprint density at radius 2 is 1.94 bits per heavy atom. The van der Waals surface area contributed by atoms with Gasteiger partial charge in [-0.25, -0.2) is 0 Å². The molecule has 1 saturated heterocycles. The number of hydrogen-bond acceptors (Lipinski definition) is 4. The number of rotatable bonds is 8. The monoisotopic (exact) mass is 443 g/mol. The Hall–Kier alpha value is -3.18. The van der Waals surface area contributed by atoms with E-state index in [1.165, 1.54) is 5.56 Å². The summed E-state index contributed by atoms with van der Waals surface area (Å²) >= 11 is 0. The van der Waals surface area contributed by atoms with E-state index in [-0.39, 0.29) is 11.9 Å². The molecule has 0 radical (unpaired) electrons. The molecule has 0 aliphatic carbocycles. The van der Waals surface area contributed by atoms with Crippen LogP contribution in [0.3, 0.4) is 0 Å². The lowest BCUT2D eigenvalue weighted by Crippen LogP contribution is -2.43. The molecular formula is C28H33N3O2. The Balaban J connectivity index is 1.49. The maximum Gasteiger partial charge on any atom is 0.224 e. The number of hydrogen-bond donors (Lipinski definition) is 1. The van der Waals surface area contributed by atoms with Crippen molar-refractivity contribution < 1.29 is 9.53 Å². The van der Waals surface area contributed by atoms with Crippen molar-refractivity contribution in [2.75, 3.05) is 20.2 Å². The number of nitrogens with one attached hydrogen (secondary N) is 1. The molecule has 1 N–H and O–H groups in total. The maximum atomic E-state index is 13.0. The van der Waals surface area contributed by atoms with Crippen LogP contribution in [0, 0.1) is 12.8 Å². The van der Waals surface area contributed by atoms with Crippen LogP contribution in [0.5, 0.6) is 5.75 Å². The summed E-state index contributed by atoms with van der Waals surface area (Å²) in [6.07, 6.45) is 4.34. The number of benzene rings is 2. The highest BCUT2D eigenvalue weighted by Crippen LogP contribution is 2.31. The molecule has 2 aromatic carbocycles. The van der Waals surface area contributed by atoms with Crippen LogP contribution in [0.2, 0.25) is 0 Å². The minimum atomic E-state index is -0.107. The van der Waals surface area contributed by atoms with E-state index in [1.54, 1.807) is 7.11 Å². The van der Waals surface area contributed by atoms with Crippen LogP contribution in [0.15, 0.2) is 72.9 Å². The molecule has 1 aliphatic rings. The van der Waals surface area contributed by atoms with Crippen molar-refractivity contribution in [3.05, 3.63) is 95.3 Å². The second-order valence-corrected chi connectivity index (χ2v) is 8.87. The number of ether oxygens (including phenoxy) is 1. The van der Waals surface area contributed by atoms with Crippen LogP contribution in [0.25, 0.3) is 0 Å². The summed E-state index contributed by atoms with van der Waals surface area (Å²) in [5.74, 6) is 1.30. The van der Waals surface area contributed by atoms with Gasteiger partial charge >= 0.3 is 0 Å². The van der Waals surface area contributed by atoms with Crippen LogP contribution < -0.4 is 10.1 Å². The van der Waals surface area contributed by atoms with Crippen molar-refractivity contribution in [1.29, 1.82) is 0 Å². The molecule has 1 aromatic heterocycles. The highest BCUT2D eigenvalue weighted by Gasteiger charge is 2.30. The lowest BCUT2D eigenvalue weighted by Gasteiger charge is -2.37. The average molecular weight is 444 g/mol. The molecular weight excluding hydrogens is 410 g/mol. The van der Waals surface area contributed by atoms with Gasteiger partial charge in [-0.05, 0) is 55.5 Å². The zero-order valence-corrected chi connectivity index (χ0v) is 19.5. The number of pyridine rings is 1. The first-order valence-electron chi connectivity index (χ1n) is 11.7. The quantitative estimate of drug-likeness (QED) is 0.548. The van der Waals surface area contributed by atoms with Gasteiger partial charge in [0.1, 0.15) is 5.75 Å². The minimum Gasteiger partial charge on any atom is -0.496 e. The normalized spacial score (nSPS) is 17.3. The number of carbonyl (C=O) groups excluding carboxylic acids is 1. The van der Waals surface area contributed by atoms with Gasteiger partial charge in [0.2, 0.25) is 5.91 Å². The van der Waals surface area contributed by atoms with Gasteiger partial charge in [0.05, 0.1) is 25.3 Å². The summed E-state index contributed by atoms with van der Waals surface area (Å²) in [7, 11) is 1.74. The molecule has 3 aromatic rings. The lowest BCUT2D eigenvalue weighted by molar-refractivity contribution is -0.121. The first kappa shape index (κ1) is 23.0. The summed E-state index contributed by atoms with van der Waals surface area (Å²) in [6.45, 7) is 4.87. The van der Waals surface area contributed by atoms with Crippen LogP contribution in [0.4, 0.5) is 0 Å². The fraction of sp³-hybridized carbons (Fsp3) is 0.357. The summed E-state index contributed by atoms with van der Waals surface area (Å²) in [4.78, 5) is 20.0. The zero-order valence-electron chi connectivity index (χ0n) is 19.5. The third kappa shape index (κ3) is 5.99. The van der Waals surface area contributed by atoms with Crippen molar-refractivity contribution in [3.8, 4) is 5.75 Å². The highest BCUT2D eigenvalue weighted by atomic mass is 16.5. The third-order valence-electron chi connectivity index (χ3n) is 6.44. The molecule has 2 heterocycles. The first-order valence-corrected chi connectivity index (χ1v) is 11.7. The lowest BCUT2D eigenvalue weighted by atomic mass is 9.88. The predicted molar refractivity (Wildman–Crippen MR) is 131 cm³/mol. The smallest absolute Gasteiger partial charge is 0.224 e. The van der Waals surface area contributed by atoms with Gasteiger partial charge < -0.3 is 10.1 Å². The van der Waals surface area contributed by atoms with Crippen molar-refractivity contribution in [2.24, 2.45) is 5.92 Å². The van der Waals surface area contributed by atoms with E-state index in [1.807, 2.05) is 54.7 Å². The van der Waals surface area contributed by atoms with Gasteiger partial charge in [-0.1, -0.05) is 54.6 Å². The van der Waals surface area contributed by atoms with Gasteiger partial charge in [0.15, 0.2) is 0 Å². The maximum absolute atomic E-state index is 13.0. The second kappa shape index (κ2) is 11.1. The van der Waals surface area contributed by atoms with Crippen molar-refractivity contribution in [1.82, 2.24) is 15.2 Å². The molecule has 172 valence electrons. The van der Waals surface area contributed by atoms with E-state index in [4.69, 9.17) is 4.74 Å². The molecule has 0 spiro atoms. The second-order valence-electron chi connectivity index (χ2n) is 8.87. The highest BCUT2D eigenvalue weighted by molar-refractivity contribution is 5.79. The molecule has 0 saturated carbocycles. The van der Waals surface area contributed by atoms with Gasteiger partial charge in [0, 0.05) is 24.8 Å². The zero-order chi connectivity index (χ0) is 23.0. The third-order valence-corrected chi connectivity index (χ3v) is 6.44. The van der Waals surface area contributed by atoms with E-state index in [9.17, 15) is 4.79 Å². The predicted octanol–water partition coefficient (Wildman–Crippen LogP) is 4.71. The Bertz CT molecular complexity index is 1040. The molecule has 5 nitrogen and oxygen atoms in total. The summed E-state index contributed by atoms with van der Waals surface area (Å²) in [5, 5.41) is 3.31. The molecule has 0 bridgehead atoms. The molecule has 33 heavy (non-hydrogen) atoms. The van der Waals surface area contributed by atoms with Crippen molar-refractivity contribution in [2.45, 2.75) is 38.8 Å². The number of aryl methyl sites for hydroxylation is 1. The fourth-order valence-electron chi connectivity index (χ4n) is 4.88. The largest absolute Gasteiger partial charge is 0.496 e. The number of amides is 1. The molecule has 1 aliphatic heterocycles. The standard InChI is InChI=1S/C28H33N3O2/c1-21-10-8-13-24(28(21)33-2)20-31-17-9-14-23(19-31)27(25-15-6-7-16-29-25)30-26(32)18-22-11-4-3-5-12-22/h3-8,10-13,15-16,23,27H,9,14,17-20H2,1-2H3,(H,30,32)/t23-,27-/m1/s1. The average Bonchev–Trinajstić information content (AvgIpc) is 2.84. The molecule has 4 rings (SSSR count). The molecule has 1 fully saturated rings. The Morgan fingerprint density at radius 1 is 1.12 bits per heavy atom. The summed E-state index contributed by atoms with van der Waals surface area (Å²) in [6, 6.07) is 22.1. The van der Waals surface area contributed by atoms with Gasteiger partial charge in [-0.2, -0.15) is 0 Å². The first-order chi connectivity index (χ1) is 16.1. The Kier molecular flexibility index (Phi) is 7.74. The van der Waals surface area contributed by atoms with E-state index < -0.39 is 0 Å². The van der Waals surface area contributed by atoms with Crippen LogP contribution in [-0.4, -0.2) is 36.0 Å². The Morgan fingerprint density at radius 3 is 2.70 bits per heavy atom. The van der Waals surface area contributed by atoms with Gasteiger partial charge in [-0.3, -0.25) is 14.7 Å². The van der Waals surface area contributed by atoms with Gasteiger partial charge in [0.25, 0.3) is 0 Å². The fourth-order valence-corrected chi connectivity index (χ4v) is 4.88. The van der Waals surface area contributed by atoms with E-state index in [2.05, 4.69) is 40.3 Å². The molecule has 0 unspecified atom stereocenters. The van der Waals surface area contributed by atoms with Crippen molar-refractivity contribution >= 4 is 5.91 Å². The van der Waals surface area contributed by atoms with Crippen LogP contribution in [0.1, 0.15) is 41.3 Å². The number of nitrogens with zero attached hydrogens (tertiary/aromatic N) is 2. The molecule has 5 heteroatoms. The summed E-state index contributed by atoms with van der Waals surface area (Å²) in [5.41, 5.74) is 4.31. The molecule has 2 atom stereocenters. The topological polar surface area (TPSA) is 54.5 Å². The number of methoxy groups -OCH3 is 1. The number of aromatic nitrogens is 1.